The van der Waals surface area contributed by atoms with Crippen LogP contribution >= 0.6 is 0 Å². The lowest BCUT2D eigenvalue weighted by Crippen LogP contribution is -2.11. The van der Waals surface area contributed by atoms with Crippen LogP contribution in [0.15, 0.2) is 48.8 Å². The summed E-state index contributed by atoms with van der Waals surface area (Å²) < 4.78 is 15.9. The van der Waals surface area contributed by atoms with Crippen LogP contribution in [0.5, 0.6) is 23.0 Å². The summed E-state index contributed by atoms with van der Waals surface area (Å²) in [5.74, 6) is 2.57. The van der Waals surface area contributed by atoms with Crippen molar-refractivity contribution < 1.29 is 19.3 Å². The molecule has 1 atom stereocenters. The SMILES string of the molecule is CCC(Nc1cncc(-c2ccc(O)c(OC)c2)n1)c1cc(OC)cc(OC)c1. The summed E-state index contributed by atoms with van der Waals surface area (Å²) in [6.07, 6.45) is 4.18. The molecule has 0 fully saturated rings. The van der Waals surface area contributed by atoms with Gasteiger partial charge in [-0.15, -0.1) is 0 Å². The number of anilines is 1. The van der Waals surface area contributed by atoms with Gasteiger partial charge in [-0.3, -0.25) is 4.98 Å². The molecule has 0 spiro atoms. The van der Waals surface area contributed by atoms with E-state index in [0.29, 0.717) is 17.3 Å². The Hall–Kier alpha value is -3.48. The zero-order valence-corrected chi connectivity index (χ0v) is 17.0. The maximum atomic E-state index is 9.81. The van der Waals surface area contributed by atoms with Crippen molar-refractivity contribution >= 4 is 5.82 Å². The van der Waals surface area contributed by atoms with Crippen LogP contribution in [0.1, 0.15) is 24.9 Å². The van der Waals surface area contributed by atoms with Crippen molar-refractivity contribution in [2.45, 2.75) is 19.4 Å². The molecule has 0 radical (unpaired) electrons. The summed E-state index contributed by atoms with van der Waals surface area (Å²) in [6.45, 7) is 2.09. The monoisotopic (exact) mass is 395 g/mol. The molecule has 2 aromatic carbocycles. The van der Waals surface area contributed by atoms with E-state index in [1.807, 2.05) is 18.2 Å². The number of hydrogen-bond donors (Lipinski definition) is 2. The minimum absolute atomic E-state index is 0.00194. The Morgan fingerprint density at radius 1 is 0.966 bits per heavy atom. The summed E-state index contributed by atoms with van der Waals surface area (Å²) in [5.41, 5.74) is 2.50. The fourth-order valence-corrected chi connectivity index (χ4v) is 3.04. The van der Waals surface area contributed by atoms with Crippen LogP contribution in [-0.4, -0.2) is 36.4 Å². The molecule has 0 bridgehead atoms. The van der Waals surface area contributed by atoms with Gasteiger partial charge in [0, 0.05) is 11.6 Å². The Balaban J connectivity index is 1.89. The van der Waals surface area contributed by atoms with Crippen LogP contribution in [0.25, 0.3) is 11.3 Å². The molecule has 29 heavy (non-hydrogen) atoms. The fraction of sp³-hybridized carbons (Fsp3) is 0.273. The molecule has 3 rings (SSSR count). The van der Waals surface area contributed by atoms with Gasteiger partial charge in [0.15, 0.2) is 11.5 Å². The molecule has 0 aliphatic heterocycles. The normalized spacial score (nSPS) is 11.6. The quantitative estimate of drug-likeness (QED) is 0.583. The molecule has 0 aliphatic carbocycles. The molecule has 0 saturated carbocycles. The van der Waals surface area contributed by atoms with E-state index in [4.69, 9.17) is 14.2 Å². The molecule has 2 N–H and O–H groups in total. The smallest absolute Gasteiger partial charge is 0.161 e. The molecule has 152 valence electrons. The Labute approximate surface area is 170 Å². The van der Waals surface area contributed by atoms with Crippen LogP contribution in [0.2, 0.25) is 0 Å². The minimum atomic E-state index is -0.00194. The van der Waals surface area contributed by atoms with Crippen molar-refractivity contribution in [3.8, 4) is 34.3 Å². The highest BCUT2D eigenvalue weighted by Gasteiger charge is 2.14. The van der Waals surface area contributed by atoms with E-state index in [9.17, 15) is 5.11 Å². The third kappa shape index (κ3) is 4.68. The number of hydrogen-bond acceptors (Lipinski definition) is 7. The van der Waals surface area contributed by atoms with Crippen molar-refractivity contribution in [1.82, 2.24) is 9.97 Å². The zero-order chi connectivity index (χ0) is 20.8. The van der Waals surface area contributed by atoms with Gasteiger partial charge in [-0.05, 0) is 42.3 Å². The van der Waals surface area contributed by atoms with Gasteiger partial charge in [0.25, 0.3) is 0 Å². The first-order chi connectivity index (χ1) is 14.1. The Morgan fingerprint density at radius 3 is 2.31 bits per heavy atom. The molecule has 0 amide bonds. The lowest BCUT2D eigenvalue weighted by molar-refractivity contribution is 0.373. The van der Waals surface area contributed by atoms with E-state index in [1.54, 1.807) is 44.8 Å². The molecule has 7 nitrogen and oxygen atoms in total. The highest BCUT2D eigenvalue weighted by atomic mass is 16.5. The lowest BCUT2D eigenvalue weighted by atomic mass is 10.0. The highest BCUT2D eigenvalue weighted by molar-refractivity contribution is 5.64. The highest BCUT2D eigenvalue weighted by Crippen LogP contribution is 2.32. The number of aromatic nitrogens is 2. The van der Waals surface area contributed by atoms with Gasteiger partial charge < -0.3 is 24.6 Å². The molecule has 3 aromatic rings. The molecule has 1 unspecified atom stereocenters. The predicted octanol–water partition coefficient (Wildman–Crippen LogP) is 4.44. The third-order valence-electron chi connectivity index (χ3n) is 4.62. The number of benzene rings is 2. The van der Waals surface area contributed by atoms with Crippen LogP contribution in [-0.2, 0) is 0 Å². The van der Waals surface area contributed by atoms with Crippen molar-refractivity contribution in [3.05, 3.63) is 54.4 Å². The number of rotatable bonds is 8. The number of phenols is 1. The first kappa shape index (κ1) is 20.3. The fourth-order valence-electron chi connectivity index (χ4n) is 3.04. The first-order valence-electron chi connectivity index (χ1n) is 9.26. The predicted molar refractivity (Wildman–Crippen MR) is 112 cm³/mol. The van der Waals surface area contributed by atoms with Crippen LogP contribution in [0.3, 0.4) is 0 Å². The Kier molecular flexibility index (Phi) is 6.39. The summed E-state index contributed by atoms with van der Waals surface area (Å²) in [5, 5.41) is 13.2. The van der Waals surface area contributed by atoms with Gasteiger partial charge in [0.05, 0.1) is 45.5 Å². The van der Waals surface area contributed by atoms with E-state index in [0.717, 1.165) is 29.0 Å². The number of methoxy groups -OCH3 is 3. The molecular formula is C22H25N3O4. The summed E-state index contributed by atoms with van der Waals surface area (Å²) in [4.78, 5) is 8.98. The molecule has 1 heterocycles. The average Bonchev–Trinajstić information content (AvgIpc) is 2.77. The second-order valence-corrected chi connectivity index (χ2v) is 6.43. The number of ether oxygens (including phenoxy) is 3. The maximum Gasteiger partial charge on any atom is 0.161 e. The van der Waals surface area contributed by atoms with Crippen LogP contribution in [0, 0.1) is 0 Å². The van der Waals surface area contributed by atoms with Gasteiger partial charge in [-0.1, -0.05) is 6.92 Å². The molecule has 7 heteroatoms. The largest absolute Gasteiger partial charge is 0.504 e. The maximum absolute atomic E-state index is 9.81. The zero-order valence-electron chi connectivity index (χ0n) is 17.0. The number of phenolic OH excluding ortho intramolecular Hbond substituents is 1. The van der Waals surface area contributed by atoms with Gasteiger partial charge in [0.1, 0.15) is 17.3 Å². The standard InChI is InChI=1S/C22H25N3O4/c1-5-18(15-8-16(27-2)11-17(9-15)28-3)24-22-13-23-12-19(25-22)14-6-7-20(26)21(10-14)29-4/h6-13,18,26H,5H2,1-4H3,(H,24,25). The van der Waals surface area contributed by atoms with E-state index in [2.05, 4.69) is 22.2 Å². The molecule has 1 aromatic heterocycles. The van der Waals surface area contributed by atoms with Crippen molar-refractivity contribution in [3.63, 3.8) is 0 Å². The third-order valence-corrected chi connectivity index (χ3v) is 4.62. The van der Waals surface area contributed by atoms with Gasteiger partial charge in [0.2, 0.25) is 0 Å². The first-order valence-corrected chi connectivity index (χ1v) is 9.26. The number of nitrogens with zero attached hydrogens (tertiary/aromatic N) is 2. The lowest BCUT2D eigenvalue weighted by Gasteiger charge is -2.20. The van der Waals surface area contributed by atoms with Crippen LogP contribution in [0.4, 0.5) is 5.82 Å². The van der Waals surface area contributed by atoms with Gasteiger partial charge >= 0.3 is 0 Å². The molecular weight excluding hydrogens is 370 g/mol. The van der Waals surface area contributed by atoms with Gasteiger partial charge in [-0.2, -0.15) is 0 Å². The molecule has 0 aliphatic rings. The van der Waals surface area contributed by atoms with E-state index < -0.39 is 0 Å². The van der Waals surface area contributed by atoms with Crippen molar-refractivity contribution in [1.29, 1.82) is 0 Å². The van der Waals surface area contributed by atoms with Gasteiger partial charge in [-0.25, -0.2) is 4.98 Å². The second kappa shape index (κ2) is 9.14. The number of nitrogens with one attached hydrogen (secondary N) is 1. The molecule has 0 saturated heterocycles. The Morgan fingerprint density at radius 2 is 1.69 bits per heavy atom. The second-order valence-electron chi connectivity index (χ2n) is 6.43. The van der Waals surface area contributed by atoms with E-state index >= 15 is 0 Å². The van der Waals surface area contributed by atoms with E-state index in [1.165, 1.54) is 7.11 Å². The van der Waals surface area contributed by atoms with Crippen molar-refractivity contribution in [2.75, 3.05) is 26.6 Å². The summed E-state index contributed by atoms with van der Waals surface area (Å²) in [7, 11) is 4.78. The van der Waals surface area contributed by atoms with Crippen LogP contribution < -0.4 is 19.5 Å². The number of aromatic hydroxyl groups is 1. The summed E-state index contributed by atoms with van der Waals surface area (Å²) >= 11 is 0. The Bertz CT molecular complexity index is 956. The topological polar surface area (TPSA) is 85.7 Å². The summed E-state index contributed by atoms with van der Waals surface area (Å²) in [6, 6.07) is 10.9. The van der Waals surface area contributed by atoms with Crippen molar-refractivity contribution in [2.24, 2.45) is 0 Å². The van der Waals surface area contributed by atoms with E-state index in [-0.39, 0.29) is 11.8 Å². The minimum Gasteiger partial charge on any atom is -0.504 e. The average molecular weight is 395 g/mol.